The van der Waals surface area contributed by atoms with Crippen LogP contribution in [-0.2, 0) is 6.54 Å². The number of halogens is 1. The van der Waals surface area contributed by atoms with E-state index < -0.39 is 0 Å². The van der Waals surface area contributed by atoms with Crippen LogP contribution in [0.1, 0.15) is 16.7 Å². The second-order valence-electron chi connectivity index (χ2n) is 4.95. The Kier molecular flexibility index (Phi) is 4.68. The lowest BCUT2D eigenvalue weighted by atomic mass is 10.1. The van der Waals surface area contributed by atoms with Gasteiger partial charge in [0.2, 0.25) is 0 Å². The third-order valence-corrected chi connectivity index (χ3v) is 3.50. The van der Waals surface area contributed by atoms with Crippen LogP contribution in [0.2, 0.25) is 0 Å². The van der Waals surface area contributed by atoms with Gasteiger partial charge >= 0.3 is 0 Å². The molecule has 112 valence electrons. The standard InChI is InChI=1S/C17H20FNO2/c1-11-7-14(18)6-5-13(11)10-19-15-9-17(21-4)16(20-3)8-12(15)2/h5-9,19H,10H2,1-4H3. The largest absolute Gasteiger partial charge is 0.493 e. The quantitative estimate of drug-likeness (QED) is 0.900. The number of aryl methyl sites for hydroxylation is 2. The number of hydrogen-bond acceptors (Lipinski definition) is 3. The van der Waals surface area contributed by atoms with Gasteiger partial charge in [-0.25, -0.2) is 4.39 Å². The number of benzene rings is 2. The van der Waals surface area contributed by atoms with E-state index in [1.807, 2.05) is 26.0 Å². The molecule has 0 fully saturated rings. The average molecular weight is 289 g/mol. The first kappa shape index (κ1) is 15.2. The predicted molar refractivity (Wildman–Crippen MR) is 82.7 cm³/mol. The molecule has 1 N–H and O–H groups in total. The Morgan fingerprint density at radius 1 is 0.952 bits per heavy atom. The maximum absolute atomic E-state index is 13.1. The molecule has 3 nitrogen and oxygen atoms in total. The zero-order valence-corrected chi connectivity index (χ0v) is 12.8. The molecule has 0 aliphatic rings. The van der Waals surface area contributed by atoms with Gasteiger partial charge in [0.05, 0.1) is 14.2 Å². The molecule has 0 amide bonds. The lowest BCUT2D eigenvalue weighted by Gasteiger charge is -2.15. The topological polar surface area (TPSA) is 30.5 Å². The molecule has 2 aromatic rings. The van der Waals surface area contributed by atoms with Crippen LogP contribution in [0.3, 0.4) is 0 Å². The highest BCUT2D eigenvalue weighted by Crippen LogP contribution is 2.33. The van der Waals surface area contributed by atoms with E-state index in [-0.39, 0.29) is 5.82 Å². The third kappa shape index (κ3) is 3.45. The van der Waals surface area contributed by atoms with Gasteiger partial charge in [0.25, 0.3) is 0 Å². The number of methoxy groups -OCH3 is 2. The Hall–Kier alpha value is -2.23. The van der Waals surface area contributed by atoms with E-state index >= 15 is 0 Å². The van der Waals surface area contributed by atoms with Crippen molar-refractivity contribution in [2.45, 2.75) is 20.4 Å². The molecule has 0 atom stereocenters. The molecule has 0 aliphatic carbocycles. The van der Waals surface area contributed by atoms with E-state index in [1.165, 1.54) is 6.07 Å². The van der Waals surface area contributed by atoms with E-state index in [2.05, 4.69) is 5.32 Å². The Morgan fingerprint density at radius 2 is 1.62 bits per heavy atom. The Labute approximate surface area is 124 Å². The summed E-state index contributed by atoms with van der Waals surface area (Å²) in [6.07, 6.45) is 0. The van der Waals surface area contributed by atoms with Gasteiger partial charge < -0.3 is 14.8 Å². The van der Waals surface area contributed by atoms with E-state index in [4.69, 9.17) is 9.47 Å². The van der Waals surface area contributed by atoms with Crippen LogP contribution in [0, 0.1) is 19.7 Å². The van der Waals surface area contributed by atoms with Crippen molar-refractivity contribution in [3.05, 3.63) is 52.8 Å². The molecule has 0 saturated carbocycles. The molecular weight excluding hydrogens is 269 g/mol. The second-order valence-corrected chi connectivity index (χ2v) is 4.95. The first-order valence-electron chi connectivity index (χ1n) is 6.76. The van der Waals surface area contributed by atoms with Gasteiger partial charge in [-0.05, 0) is 48.7 Å². The van der Waals surface area contributed by atoms with Crippen molar-refractivity contribution in [3.63, 3.8) is 0 Å². The highest BCUT2D eigenvalue weighted by Gasteiger charge is 2.09. The summed E-state index contributed by atoms with van der Waals surface area (Å²) < 4.78 is 23.7. The molecule has 0 aliphatic heterocycles. The Bertz CT molecular complexity index is 641. The van der Waals surface area contributed by atoms with Crippen LogP contribution >= 0.6 is 0 Å². The highest BCUT2D eigenvalue weighted by atomic mass is 19.1. The third-order valence-electron chi connectivity index (χ3n) is 3.50. The molecule has 4 heteroatoms. The molecule has 0 heterocycles. The summed E-state index contributed by atoms with van der Waals surface area (Å²) in [5.41, 5.74) is 4.02. The van der Waals surface area contributed by atoms with Gasteiger partial charge in [-0.2, -0.15) is 0 Å². The number of anilines is 1. The molecule has 0 spiro atoms. The van der Waals surface area contributed by atoms with Gasteiger partial charge in [-0.15, -0.1) is 0 Å². The molecule has 0 radical (unpaired) electrons. The molecule has 0 saturated heterocycles. The summed E-state index contributed by atoms with van der Waals surface area (Å²) in [5, 5.41) is 3.36. The molecule has 2 aromatic carbocycles. The van der Waals surface area contributed by atoms with Gasteiger partial charge in [-0.1, -0.05) is 6.07 Å². The lowest BCUT2D eigenvalue weighted by Crippen LogP contribution is -2.04. The minimum absolute atomic E-state index is 0.210. The summed E-state index contributed by atoms with van der Waals surface area (Å²) in [6.45, 7) is 4.53. The van der Waals surface area contributed by atoms with Crippen LogP contribution in [-0.4, -0.2) is 14.2 Å². The van der Waals surface area contributed by atoms with Crippen LogP contribution in [0.4, 0.5) is 10.1 Å². The number of hydrogen-bond donors (Lipinski definition) is 1. The Morgan fingerprint density at radius 3 is 2.24 bits per heavy atom. The summed E-state index contributed by atoms with van der Waals surface area (Å²) in [4.78, 5) is 0. The van der Waals surface area contributed by atoms with E-state index in [0.717, 1.165) is 22.4 Å². The van der Waals surface area contributed by atoms with Gasteiger partial charge in [0.15, 0.2) is 11.5 Å². The molecule has 21 heavy (non-hydrogen) atoms. The highest BCUT2D eigenvalue weighted by molar-refractivity contribution is 5.60. The summed E-state index contributed by atoms with van der Waals surface area (Å²) in [7, 11) is 3.23. The maximum Gasteiger partial charge on any atom is 0.162 e. The predicted octanol–water partition coefficient (Wildman–Crippen LogP) is 4.07. The number of nitrogens with one attached hydrogen (secondary N) is 1. The molecular formula is C17H20FNO2. The zero-order valence-electron chi connectivity index (χ0n) is 12.8. The SMILES string of the molecule is COc1cc(C)c(NCc2ccc(F)cc2C)cc1OC. The van der Waals surface area contributed by atoms with Crippen LogP contribution in [0.5, 0.6) is 11.5 Å². The van der Waals surface area contributed by atoms with Crippen LogP contribution in [0.15, 0.2) is 30.3 Å². The second kappa shape index (κ2) is 6.48. The van der Waals surface area contributed by atoms with Crippen molar-refractivity contribution in [2.24, 2.45) is 0 Å². The smallest absolute Gasteiger partial charge is 0.162 e. The van der Waals surface area contributed by atoms with Crippen molar-refractivity contribution in [3.8, 4) is 11.5 Å². The average Bonchev–Trinajstić information content (AvgIpc) is 2.47. The van der Waals surface area contributed by atoms with Crippen LogP contribution < -0.4 is 14.8 Å². The van der Waals surface area contributed by atoms with Gasteiger partial charge in [0.1, 0.15) is 5.82 Å². The van der Waals surface area contributed by atoms with Crippen molar-refractivity contribution in [1.29, 1.82) is 0 Å². The first-order chi connectivity index (χ1) is 10.0. The Balaban J connectivity index is 2.19. The lowest BCUT2D eigenvalue weighted by molar-refractivity contribution is 0.355. The molecule has 0 aromatic heterocycles. The van der Waals surface area contributed by atoms with E-state index in [1.54, 1.807) is 26.4 Å². The monoisotopic (exact) mass is 289 g/mol. The first-order valence-corrected chi connectivity index (χ1v) is 6.76. The van der Waals surface area contributed by atoms with E-state index in [9.17, 15) is 4.39 Å². The van der Waals surface area contributed by atoms with E-state index in [0.29, 0.717) is 18.0 Å². The van der Waals surface area contributed by atoms with Crippen LogP contribution in [0.25, 0.3) is 0 Å². The molecule has 0 bridgehead atoms. The zero-order chi connectivity index (χ0) is 15.4. The fourth-order valence-corrected chi connectivity index (χ4v) is 2.22. The van der Waals surface area contributed by atoms with Crippen molar-refractivity contribution < 1.29 is 13.9 Å². The van der Waals surface area contributed by atoms with Crippen molar-refractivity contribution in [1.82, 2.24) is 0 Å². The maximum atomic E-state index is 13.1. The molecule has 0 unspecified atom stereocenters. The molecule has 2 rings (SSSR count). The minimum atomic E-state index is -0.210. The normalized spacial score (nSPS) is 10.3. The number of rotatable bonds is 5. The van der Waals surface area contributed by atoms with Gasteiger partial charge in [0, 0.05) is 18.3 Å². The van der Waals surface area contributed by atoms with Gasteiger partial charge in [-0.3, -0.25) is 0 Å². The summed E-state index contributed by atoms with van der Waals surface area (Å²) >= 11 is 0. The summed E-state index contributed by atoms with van der Waals surface area (Å²) in [5.74, 6) is 1.18. The number of ether oxygens (including phenoxy) is 2. The minimum Gasteiger partial charge on any atom is -0.493 e. The fraction of sp³-hybridized carbons (Fsp3) is 0.294. The summed E-state index contributed by atoms with van der Waals surface area (Å²) in [6, 6.07) is 8.66. The fourth-order valence-electron chi connectivity index (χ4n) is 2.22. The van der Waals surface area contributed by atoms with Crippen molar-refractivity contribution in [2.75, 3.05) is 19.5 Å². The van der Waals surface area contributed by atoms with Crippen molar-refractivity contribution >= 4 is 5.69 Å².